The van der Waals surface area contributed by atoms with Crippen molar-refractivity contribution in [2.24, 2.45) is 0 Å². The Morgan fingerprint density at radius 1 is 0.893 bits per heavy atom. The molecule has 1 aliphatic heterocycles. The molecule has 6 heteroatoms. The molecule has 148 valence electrons. The van der Waals surface area contributed by atoms with E-state index in [1.165, 1.54) is 4.90 Å². The van der Waals surface area contributed by atoms with Gasteiger partial charge in [0.1, 0.15) is 5.75 Å². The predicted molar refractivity (Wildman–Crippen MR) is 117 cm³/mol. The summed E-state index contributed by atoms with van der Waals surface area (Å²) in [6.45, 7) is 3.10. The molecule has 28 heavy (non-hydrogen) atoms. The van der Waals surface area contributed by atoms with Crippen LogP contribution in [0.4, 0.5) is 0 Å². The molecule has 0 saturated heterocycles. The normalized spacial score (nSPS) is 13.2. The smallest absolute Gasteiger partial charge is 0.261 e. The van der Waals surface area contributed by atoms with E-state index in [1.807, 2.05) is 30.3 Å². The first kappa shape index (κ1) is 21.1. The summed E-state index contributed by atoms with van der Waals surface area (Å²) in [6, 6.07) is 11.4. The molecule has 0 radical (unpaired) electrons. The Balaban J connectivity index is 1.51. The summed E-state index contributed by atoms with van der Waals surface area (Å²) >= 11 is 6.87. The van der Waals surface area contributed by atoms with Crippen LogP contribution >= 0.6 is 31.9 Å². The van der Waals surface area contributed by atoms with Crippen LogP contribution in [0.2, 0.25) is 0 Å². The molecule has 0 aromatic heterocycles. The van der Waals surface area contributed by atoms with Gasteiger partial charge >= 0.3 is 0 Å². The first-order valence-electron chi connectivity index (χ1n) is 9.57. The van der Waals surface area contributed by atoms with E-state index in [-0.39, 0.29) is 11.8 Å². The van der Waals surface area contributed by atoms with Gasteiger partial charge in [-0.25, -0.2) is 0 Å². The van der Waals surface area contributed by atoms with Gasteiger partial charge in [-0.05, 0) is 61.6 Å². The first-order chi connectivity index (χ1) is 13.5. The molecule has 1 aliphatic rings. The Hall–Kier alpha value is -1.66. The highest BCUT2D eigenvalue weighted by Gasteiger charge is 2.34. The average Bonchev–Trinajstić information content (AvgIpc) is 2.89. The first-order valence-corrected chi connectivity index (χ1v) is 11.2. The van der Waals surface area contributed by atoms with E-state index in [0.29, 0.717) is 30.7 Å². The van der Waals surface area contributed by atoms with Crippen LogP contribution in [0.15, 0.2) is 45.3 Å². The molecular weight excluding hydrogens is 486 g/mol. The van der Waals surface area contributed by atoms with Gasteiger partial charge in [-0.1, -0.05) is 51.3 Å². The standard InChI is InChI=1S/C22H23Br2NO3/c1-2-3-6-15-7-8-19-20(11-15)22(27)25(21(19)26)9-4-5-10-28-18-13-16(23)12-17(24)14-18/h7-8,11-14H,2-6,9-10H2,1H3. The molecule has 2 aromatic carbocycles. The van der Waals surface area contributed by atoms with Crippen molar-refractivity contribution in [1.29, 1.82) is 0 Å². The fraction of sp³-hybridized carbons (Fsp3) is 0.364. The van der Waals surface area contributed by atoms with Crippen molar-refractivity contribution in [2.75, 3.05) is 13.2 Å². The van der Waals surface area contributed by atoms with Crippen LogP contribution in [-0.4, -0.2) is 29.9 Å². The van der Waals surface area contributed by atoms with Gasteiger partial charge in [-0.15, -0.1) is 0 Å². The van der Waals surface area contributed by atoms with Gasteiger partial charge in [0.05, 0.1) is 17.7 Å². The number of benzene rings is 2. The molecule has 4 nitrogen and oxygen atoms in total. The highest BCUT2D eigenvalue weighted by Crippen LogP contribution is 2.26. The molecule has 0 fully saturated rings. The lowest BCUT2D eigenvalue weighted by Crippen LogP contribution is -2.30. The van der Waals surface area contributed by atoms with Crippen LogP contribution in [0.5, 0.6) is 5.75 Å². The van der Waals surface area contributed by atoms with E-state index in [1.54, 1.807) is 6.07 Å². The number of halogens is 2. The Kier molecular flexibility index (Phi) is 7.30. The Morgan fingerprint density at radius 3 is 2.32 bits per heavy atom. The molecule has 0 unspecified atom stereocenters. The topological polar surface area (TPSA) is 46.6 Å². The van der Waals surface area contributed by atoms with E-state index in [0.717, 1.165) is 45.9 Å². The second-order valence-corrected chi connectivity index (χ2v) is 8.74. The molecule has 3 rings (SSSR count). The maximum absolute atomic E-state index is 12.7. The number of imide groups is 1. The number of hydrogen-bond donors (Lipinski definition) is 0. The maximum atomic E-state index is 12.7. The quantitative estimate of drug-likeness (QED) is 0.308. The molecule has 2 aromatic rings. The van der Waals surface area contributed by atoms with Crippen LogP contribution < -0.4 is 4.74 Å². The second kappa shape index (κ2) is 9.70. The summed E-state index contributed by atoms with van der Waals surface area (Å²) in [5, 5.41) is 0. The molecule has 0 atom stereocenters. The van der Waals surface area contributed by atoms with Crippen molar-refractivity contribution < 1.29 is 14.3 Å². The zero-order valence-corrected chi connectivity index (χ0v) is 19.0. The summed E-state index contributed by atoms with van der Waals surface area (Å²) in [7, 11) is 0. The minimum Gasteiger partial charge on any atom is -0.494 e. The number of hydrogen-bond acceptors (Lipinski definition) is 3. The van der Waals surface area contributed by atoms with Crippen molar-refractivity contribution in [3.05, 3.63) is 62.0 Å². The average molecular weight is 509 g/mol. The van der Waals surface area contributed by atoms with E-state index in [9.17, 15) is 9.59 Å². The summed E-state index contributed by atoms with van der Waals surface area (Å²) in [5.41, 5.74) is 2.20. The molecule has 0 bridgehead atoms. The number of amides is 2. The minimum absolute atomic E-state index is 0.171. The number of nitrogens with zero attached hydrogens (tertiary/aromatic N) is 1. The van der Waals surface area contributed by atoms with Crippen molar-refractivity contribution in [3.8, 4) is 5.75 Å². The van der Waals surface area contributed by atoms with E-state index < -0.39 is 0 Å². The number of unbranched alkanes of at least 4 members (excludes halogenated alkanes) is 2. The van der Waals surface area contributed by atoms with Gasteiger partial charge in [-0.3, -0.25) is 14.5 Å². The van der Waals surface area contributed by atoms with Crippen LogP contribution in [0.1, 0.15) is 58.9 Å². The van der Waals surface area contributed by atoms with Gasteiger partial charge in [0.25, 0.3) is 11.8 Å². The fourth-order valence-corrected chi connectivity index (χ4v) is 4.50. The van der Waals surface area contributed by atoms with Crippen molar-refractivity contribution in [1.82, 2.24) is 4.90 Å². The van der Waals surface area contributed by atoms with E-state index >= 15 is 0 Å². The second-order valence-electron chi connectivity index (χ2n) is 6.91. The lowest BCUT2D eigenvalue weighted by molar-refractivity contribution is 0.0649. The highest BCUT2D eigenvalue weighted by molar-refractivity contribution is 9.11. The molecule has 2 amide bonds. The van der Waals surface area contributed by atoms with Crippen LogP contribution in [0.3, 0.4) is 0 Å². The summed E-state index contributed by atoms with van der Waals surface area (Å²) in [6.07, 6.45) is 4.60. The van der Waals surface area contributed by atoms with E-state index in [4.69, 9.17) is 4.74 Å². The molecular formula is C22H23Br2NO3. The number of rotatable bonds is 9. The Morgan fingerprint density at radius 2 is 1.61 bits per heavy atom. The molecule has 0 N–H and O–H groups in total. The van der Waals surface area contributed by atoms with Gasteiger partial charge < -0.3 is 4.74 Å². The van der Waals surface area contributed by atoms with Crippen molar-refractivity contribution >= 4 is 43.7 Å². The van der Waals surface area contributed by atoms with Crippen molar-refractivity contribution in [3.63, 3.8) is 0 Å². The van der Waals surface area contributed by atoms with Gasteiger partial charge in [0.2, 0.25) is 0 Å². The number of fused-ring (bicyclic) bond motifs is 1. The molecule has 0 aliphatic carbocycles. The molecule has 0 spiro atoms. The van der Waals surface area contributed by atoms with Gasteiger partial charge in [0.15, 0.2) is 0 Å². The Labute approximate surface area is 182 Å². The lowest BCUT2D eigenvalue weighted by atomic mass is 10.0. The number of ether oxygens (including phenoxy) is 1. The van der Waals surface area contributed by atoms with Crippen LogP contribution in [-0.2, 0) is 6.42 Å². The number of carbonyl (C=O) groups excluding carboxylic acids is 2. The summed E-state index contributed by atoms with van der Waals surface area (Å²) in [4.78, 5) is 26.6. The maximum Gasteiger partial charge on any atom is 0.261 e. The van der Waals surface area contributed by atoms with E-state index in [2.05, 4.69) is 38.8 Å². The fourth-order valence-electron chi connectivity index (χ4n) is 3.25. The van der Waals surface area contributed by atoms with Crippen LogP contribution in [0, 0.1) is 0 Å². The number of carbonyl (C=O) groups is 2. The van der Waals surface area contributed by atoms with Gasteiger partial charge in [0, 0.05) is 15.5 Å². The summed E-state index contributed by atoms with van der Waals surface area (Å²) < 4.78 is 7.64. The third-order valence-corrected chi connectivity index (χ3v) is 5.65. The van der Waals surface area contributed by atoms with Gasteiger partial charge in [-0.2, -0.15) is 0 Å². The number of aryl methyl sites for hydroxylation is 1. The third-order valence-electron chi connectivity index (χ3n) is 4.73. The zero-order chi connectivity index (χ0) is 20.1. The lowest BCUT2D eigenvalue weighted by Gasteiger charge is -2.13. The van der Waals surface area contributed by atoms with Crippen LogP contribution in [0.25, 0.3) is 0 Å². The Bertz CT molecular complexity index is 862. The summed E-state index contributed by atoms with van der Waals surface area (Å²) in [5.74, 6) is 0.427. The predicted octanol–water partition coefficient (Wildman–Crippen LogP) is 6.01. The zero-order valence-electron chi connectivity index (χ0n) is 15.8. The third kappa shape index (κ3) is 5.03. The minimum atomic E-state index is -0.182. The molecule has 0 saturated carbocycles. The monoisotopic (exact) mass is 507 g/mol. The SMILES string of the molecule is CCCCc1ccc2c(c1)C(=O)N(CCCCOc1cc(Br)cc(Br)c1)C2=O. The molecule has 1 heterocycles. The van der Waals surface area contributed by atoms with Crippen molar-refractivity contribution in [2.45, 2.75) is 39.0 Å². The highest BCUT2D eigenvalue weighted by atomic mass is 79.9. The largest absolute Gasteiger partial charge is 0.494 e.